The van der Waals surface area contributed by atoms with Crippen molar-refractivity contribution in [2.75, 3.05) is 0 Å². The topological polar surface area (TPSA) is 101 Å². The van der Waals surface area contributed by atoms with E-state index in [0.29, 0.717) is 18.3 Å². The number of cyclic esters (lactones) is 1. The number of hydrogen-bond donors (Lipinski definition) is 1. The van der Waals surface area contributed by atoms with E-state index >= 15 is 0 Å². The summed E-state index contributed by atoms with van der Waals surface area (Å²) in [4.78, 5) is 39.2. The second kappa shape index (κ2) is 7.95. The molecule has 10 atom stereocenters. The van der Waals surface area contributed by atoms with E-state index in [-0.39, 0.29) is 49.3 Å². The maximum absolute atomic E-state index is 13.5. The number of ether oxygens (including phenoxy) is 3. The Labute approximate surface area is 207 Å². The van der Waals surface area contributed by atoms with E-state index in [1.54, 1.807) is 0 Å². The average Bonchev–Trinajstić information content (AvgIpc) is 3.31. The molecule has 0 amide bonds. The third kappa shape index (κ3) is 3.72. The van der Waals surface area contributed by atoms with Gasteiger partial charge in [-0.2, -0.15) is 0 Å². The third-order valence-corrected chi connectivity index (χ3v) is 13.1. The van der Waals surface area contributed by atoms with Crippen LogP contribution in [0.25, 0.3) is 0 Å². The SMILES string of the molecule is CCC1(OC(=O)C2C3CC(C)C2C(=O)OC3OC(=O)C(C)(I)C2N[I-]2)CC2CCC1C2. The van der Waals surface area contributed by atoms with E-state index in [9.17, 15) is 14.4 Å². The molecule has 5 fully saturated rings. The van der Waals surface area contributed by atoms with Gasteiger partial charge in [-0.05, 0) is 6.42 Å². The van der Waals surface area contributed by atoms with E-state index in [0.717, 1.165) is 25.7 Å². The van der Waals surface area contributed by atoms with Gasteiger partial charge in [-0.3, -0.25) is 0 Å². The Hall–Kier alpha value is -0.170. The molecule has 2 heterocycles. The summed E-state index contributed by atoms with van der Waals surface area (Å²) in [5.41, 5.74) is -0.391. The molecule has 3 aliphatic carbocycles. The summed E-state index contributed by atoms with van der Waals surface area (Å²) < 4.78 is 20.3. The number of esters is 3. The fourth-order valence-corrected chi connectivity index (χ4v) is 9.88. The van der Waals surface area contributed by atoms with Gasteiger partial charge in [-0.1, -0.05) is 0 Å². The molecule has 2 aliphatic heterocycles. The zero-order valence-corrected chi connectivity index (χ0v) is 22.4. The van der Waals surface area contributed by atoms with Crippen molar-refractivity contribution in [3.8, 4) is 0 Å². The van der Waals surface area contributed by atoms with Crippen molar-refractivity contribution in [1.29, 1.82) is 0 Å². The normalized spacial score (nSPS) is 47.2. The molecule has 0 aromatic rings. The van der Waals surface area contributed by atoms with Gasteiger partial charge in [-0.25, -0.2) is 0 Å². The first-order valence-electron chi connectivity index (χ1n) is 11.4. The number of hydrogen-bond acceptors (Lipinski definition) is 7. The molecule has 31 heavy (non-hydrogen) atoms. The number of nitrogens with one attached hydrogen (secondary N) is 1. The number of carbonyl (C=O) groups is 3. The van der Waals surface area contributed by atoms with Crippen molar-refractivity contribution in [2.45, 2.75) is 78.7 Å². The molecule has 10 unspecified atom stereocenters. The van der Waals surface area contributed by atoms with Crippen molar-refractivity contribution >= 4 is 40.5 Å². The molecule has 9 heteroatoms. The number of carbonyl (C=O) groups excluding carboxylic acids is 3. The molecule has 2 saturated heterocycles. The van der Waals surface area contributed by atoms with E-state index in [1.165, 1.54) is 6.42 Å². The Bertz CT molecular complexity index is 801. The number of fused-ring (bicyclic) bond motifs is 4. The molecule has 7 nitrogen and oxygen atoms in total. The van der Waals surface area contributed by atoms with Crippen LogP contribution in [0.5, 0.6) is 0 Å². The summed E-state index contributed by atoms with van der Waals surface area (Å²) in [6.45, 7) is 5.92. The molecule has 4 bridgehead atoms. The van der Waals surface area contributed by atoms with E-state index in [2.05, 4.69) is 33.0 Å². The fourth-order valence-electron chi connectivity index (χ4n) is 6.57. The molecule has 0 spiro atoms. The number of rotatable bonds is 6. The van der Waals surface area contributed by atoms with Crippen LogP contribution in [0.2, 0.25) is 0 Å². The van der Waals surface area contributed by atoms with Gasteiger partial charge < -0.3 is 0 Å². The fraction of sp³-hybridized carbons (Fsp3) is 0.864. The van der Waals surface area contributed by atoms with Gasteiger partial charge in [0.2, 0.25) is 0 Å². The molecule has 5 rings (SSSR count). The van der Waals surface area contributed by atoms with Crippen LogP contribution >= 0.6 is 22.6 Å². The van der Waals surface area contributed by atoms with Gasteiger partial charge in [0.15, 0.2) is 0 Å². The summed E-state index contributed by atoms with van der Waals surface area (Å²) in [5.74, 6) is -1.48. The minimum absolute atomic E-state index is 0.00157. The second-order valence-corrected chi connectivity index (χ2v) is 14.9. The van der Waals surface area contributed by atoms with Crippen molar-refractivity contribution in [2.24, 2.45) is 35.5 Å². The van der Waals surface area contributed by atoms with Crippen LogP contribution in [0, 0.1) is 35.5 Å². The first-order chi connectivity index (χ1) is 14.7. The molecule has 174 valence electrons. The Morgan fingerprint density at radius 1 is 1.35 bits per heavy atom. The van der Waals surface area contributed by atoms with E-state index < -0.39 is 33.1 Å². The molecule has 3 saturated carbocycles. The number of alkyl halides is 2. The Morgan fingerprint density at radius 3 is 2.68 bits per heavy atom. The summed E-state index contributed by atoms with van der Waals surface area (Å²) >= 11 is 1.94. The Balaban J connectivity index is 1.35. The van der Waals surface area contributed by atoms with Gasteiger partial charge in [0.05, 0.1) is 0 Å². The van der Waals surface area contributed by atoms with Gasteiger partial charge >= 0.3 is 202 Å². The van der Waals surface area contributed by atoms with Crippen LogP contribution in [-0.4, -0.2) is 37.3 Å². The standard InChI is InChI=1S/C22H30I2NO6/c1-4-22(9-11-5-6-12(22)8-11)31-17(27)15-13-7-10(2)14(15)16(26)29-18(13)30-20(28)21(3,23)19-24-25-19/h10-15,18-19,25H,4-9H2,1-3H3/q-1. The molecule has 0 aromatic carbocycles. The van der Waals surface area contributed by atoms with Crippen LogP contribution in [0.15, 0.2) is 0 Å². The molecule has 0 aromatic heterocycles. The van der Waals surface area contributed by atoms with Crippen molar-refractivity contribution in [3.05, 3.63) is 0 Å². The summed E-state index contributed by atoms with van der Waals surface area (Å²) in [7, 11) is 0. The van der Waals surface area contributed by atoms with Crippen LogP contribution < -0.4 is 25.0 Å². The first-order valence-corrected chi connectivity index (χ1v) is 14.8. The quantitative estimate of drug-likeness (QED) is 0.107. The van der Waals surface area contributed by atoms with Gasteiger partial charge in [0.1, 0.15) is 0 Å². The predicted octanol–water partition coefficient (Wildman–Crippen LogP) is -0.0601. The maximum atomic E-state index is 13.5. The zero-order valence-electron chi connectivity index (χ0n) is 18.1. The molecule has 0 radical (unpaired) electrons. The van der Waals surface area contributed by atoms with Gasteiger partial charge in [0.25, 0.3) is 0 Å². The first kappa shape index (κ1) is 22.6. The minimum atomic E-state index is -1.01. The van der Waals surface area contributed by atoms with Gasteiger partial charge in [0, 0.05) is 0 Å². The average molecular weight is 658 g/mol. The van der Waals surface area contributed by atoms with Crippen LogP contribution in [0.4, 0.5) is 0 Å². The zero-order chi connectivity index (χ0) is 22.1. The van der Waals surface area contributed by atoms with Crippen LogP contribution in [0.3, 0.4) is 0 Å². The molecule has 1 N–H and O–H groups in total. The van der Waals surface area contributed by atoms with Gasteiger partial charge in [-0.15, -0.1) is 0 Å². The van der Waals surface area contributed by atoms with Crippen LogP contribution in [0.1, 0.15) is 59.3 Å². The van der Waals surface area contributed by atoms with Crippen molar-refractivity contribution < 1.29 is 50.1 Å². The summed E-state index contributed by atoms with van der Waals surface area (Å²) in [6.07, 6.45) is 4.84. The second-order valence-electron chi connectivity index (χ2n) is 10.2. The number of halogens is 2. The predicted molar refractivity (Wildman–Crippen MR) is 114 cm³/mol. The van der Waals surface area contributed by atoms with Crippen molar-refractivity contribution in [1.82, 2.24) is 3.53 Å². The van der Waals surface area contributed by atoms with Crippen molar-refractivity contribution in [3.63, 3.8) is 0 Å². The van der Waals surface area contributed by atoms with E-state index in [1.807, 2.05) is 13.8 Å². The van der Waals surface area contributed by atoms with Crippen LogP contribution in [-0.2, 0) is 28.6 Å². The van der Waals surface area contributed by atoms with E-state index in [4.69, 9.17) is 14.2 Å². The molecule has 5 aliphatic rings. The summed E-state index contributed by atoms with van der Waals surface area (Å²) in [6, 6.07) is 0. The monoisotopic (exact) mass is 658 g/mol. The Morgan fingerprint density at radius 2 is 2.10 bits per heavy atom. The summed E-state index contributed by atoms with van der Waals surface area (Å²) in [5, 5.41) is 0. The molecular weight excluding hydrogens is 628 g/mol. The Kier molecular flexibility index (Phi) is 5.80. The molecular formula is C22H30I2NO6-. The third-order valence-electron chi connectivity index (χ3n) is 8.37.